The van der Waals surface area contributed by atoms with E-state index in [0.717, 1.165) is 29.0 Å². The van der Waals surface area contributed by atoms with Crippen LogP contribution in [0.15, 0.2) is 70.0 Å². The third-order valence-corrected chi connectivity index (χ3v) is 7.64. The van der Waals surface area contributed by atoms with E-state index in [0.29, 0.717) is 29.4 Å². The Hall–Kier alpha value is -3.57. The van der Waals surface area contributed by atoms with Crippen LogP contribution >= 0.6 is 0 Å². The Morgan fingerprint density at radius 2 is 1.76 bits per heavy atom. The van der Waals surface area contributed by atoms with Gasteiger partial charge in [-0.3, -0.25) is 4.79 Å². The molecule has 11 heteroatoms. The van der Waals surface area contributed by atoms with E-state index < -0.39 is 44.5 Å². The third-order valence-electron chi connectivity index (χ3n) is 6.21. The fraction of sp³-hybridized carbons (Fsp3) is 0.269. The molecule has 1 aromatic heterocycles. The number of sulfonamides is 1. The first-order valence-electron chi connectivity index (χ1n) is 11.4. The van der Waals surface area contributed by atoms with Gasteiger partial charge in [0, 0.05) is 16.8 Å². The van der Waals surface area contributed by atoms with Crippen molar-refractivity contribution in [1.82, 2.24) is 4.72 Å². The van der Waals surface area contributed by atoms with Gasteiger partial charge in [-0.05, 0) is 36.2 Å². The number of amides is 1. The summed E-state index contributed by atoms with van der Waals surface area (Å²) in [6, 6.07) is 12.8. The van der Waals surface area contributed by atoms with Crippen molar-refractivity contribution >= 4 is 43.6 Å². The minimum Gasteiger partial charge on any atom is -0.495 e. The van der Waals surface area contributed by atoms with E-state index in [1.165, 1.54) is 7.11 Å². The summed E-state index contributed by atoms with van der Waals surface area (Å²) in [7, 11) is -3.03. The topological polar surface area (TPSA) is 97.6 Å². The number of ether oxygens (including phenoxy) is 1. The van der Waals surface area contributed by atoms with Crippen LogP contribution < -0.4 is 14.8 Å². The molecule has 0 unspecified atom stereocenters. The molecule has 4 rings (SSSR count). The highest BCUT2D eigenvalue weighted by molar-refractivity contribution is 7.89. The van der Waals surface area contributed by atoms with Crippen molar-refractivity contribution in [3.8, 4) is 5.75 Å². The Bertz CT molecular complexity index is 1560. The quantitative estimate of drug-likeness (QED) is 0.291. The second kappa shape index (κ2) is 10.1. The Morgan fingerprint density at radius 3 is 2.43 bits per heavy atom. The zero-order valence-electron chi connectivity index (χ0n) is 20.2. The summed E-state index contributed by atoms with van der Waals surface area (Å²) in [6.07, 6.45) is -4.30. The van der Waals surface area contributed by atoms with Gasteiger partial charge in [-0.1, -0.05) is 44.5 Å². The summed E-state index contributed by atoms with van der Waals surface area (Å²) < 4.78 is 79.0. The number of furan rings is 1. The van der Waals surface area contributed by atoms with Crippen molar-refractivity contribution in [2.24, 2.45) is 5.92 Å². The standard InChI is InChI=1S/C26H25F3N2O5S/c1-4-15(2)24(31-37(33,34)17-9-7-8-16(12-17)26(27,28)29)25(32)30-20-14-22-19(13-23(20)35-3)18-10-5-6-11-21(18)36-22/h5-15,24,31H,4H2,1-3H3,(H,30,32)/t15-,24+/m0/s1. The lowest BCUT2D eigenvalue weighted by Crippen LogP contribution is -2.47. The number of halogens is 3. The number of rotatable bonds is 8. The number of carbonyl (C=O) groups excluding carboxylic acids is 1. The zero-order chi connectivity index (χ0) is 27.0. The number of alkyl halides is 3. The highest BCUT2D eigenvalue weighted by Crippen LogP contribution is 2.36. The van der Waals surface area contributed by atoms with Crippen LogP contribution in [0.2, 0.25) is 0 Å². The molecular formula is C26H25F3N2O5S. The average molecular weight is 535 g/mol. The molecule has 7 nitrogen and oxygen atoms in total. The van der Waals surface area contributed by atoms with Gasteiger partial charge >= 0.3 is 6.18 Å². The number of hydrogen-bond donors (Lipinski definition) is 2. The van der Waals surface area contributed by atoms with Crippen LogP contribution in [-0.2, 0) is 21.0 Å². The van der Waals surface area contributed by atoms with E-state index in [4.69, 9.17) is 9.15 Å². The molecule has 0 spiro atoms. The van der Waals surface area contributed by atoms with Crippen LogP contribution in [-0.4, -0.2) is 27.5 Å². The fourth-order valence-electron chi connectivity index (χ4n) is 3.97. The molecule has 2 N–H and O–H groups in total. The second-order valence-electron chi connectivity index (χ2n) is 8.65. The van der Waals surface area contributed by atoms with Crippen molar-refractivity contribution in [2.45, 2.75) is 37.4 Å². The van der Waals surface area contributed by atoms with E-state index in [2.05, 4.69) is 10.0 Å². The SMILES string of the molecule is CC[C@H](C)[C@@H](NS(=O)(=O)c1cccc(C(F)(F)F)c1)C(=O)Nc1cc2oc3ccccc3c2cc1OC. The van der Waals surface area contributed by atoms with Gasteiger partial charge in [-0.2, -0.15) is 17.9 Å². The molecule has 3 aromatic carbocycles. The molecule has 0 aliphatic rings. The molecule has 0 aliphatic heterocycles. The lowest BCUT2D eigenvalue weighted by Gasteiger charge is -2.24. The lowest BCUT2D eigenvalue weighted by atomic mass is 9.99. The summed E-state index contributed by atoms with van der Waals surface area (Å²) in [5.41, 5.74) is 0.283. The third kappa shape index (κ3) is 5.42. The van der Waals surface area contributed by atoms with Crippen LogP contribution in [0, 0.1) is 5.92 Å². The first kappa shape index (κ1) is 26.5. The summed E-state index contributed by atoms with van der Waals surface area (Å²) >= 11 is 0. The highest BCUT2D eigenvalue weighted by Gasteiger charge is 2.34. The minimum absolute atomic E-state index is 0.255. The van der Waals surface area contributed by atoms with Crippen LogP contribution in [0.25, 0.3) is 21.9 Å². The number of nitrogens with one attached hydrogen (secondary N) is 2. The van der Waals surface area contributed by atoms with E-state index in [1.807, 2.05) is 24.3 Å². The number of benzene rings is 3. The summed E-state index contributed by atoms with van der Waals surface area (Å²) in [5.74, 6) is -0.851. The van der Waals surface area contributed by atoms with Crippen molar-refractivity contribution in [1.29, 1.82) is 0 Å². The Morgan fingerprint density at radius 1 is 1.03 bits per heavy atom. The number of fused-ring (bicyclic) bond motifs is 3. The molecule has 196 valence electrons. The monoisotopic (exact) mass is 534 g/mol. The van der Waals surface area contributed by atoms with Gasteiger partial charge in [0.05, 0.1) is 23.3 Å². The van der Waals surface area contributed by atoms with Gasteiger partial charge in [-0.15, -0.1) is 0 Å². The Balaban J connectivity index is 1.66. The first-order chi connectivity index (χ1) is 17.4. The van der Waals surface area contributed by atoms with E-state index in [-0.39, 0.29) is 5.69 Å². The highest BCUT2D eigenvalue weighted by atomic mass is 32.2. The van der Waals surface area contributed by atoms with Gasteiger partial charge < -0.3 is 14.5 Å². The molecule has 0 saturated carbocycles. The van der Waals surface area contributed by atoms with Gasteiger partial charge in [-0.25, -0.2) is 8.42 Å². The van der Waals surface area contributed by atoms with Crippen LogP contribution in [0.5, 0.6) is 5.75 Å². The Kier molecular flexibility index (Phi) is 7.20. The fourth-order valence-corrected chi connectivity index (χ4v) is 5.32. The molecule has 37 heavy (non-hydrogen) atoms. The summed E-state index contributed by atoms with van der Waals surface area (Å²) in [6.45, 7) is 3.43. The molecule has 0 saturated heterocycles. The molecule has 2 atom stereocenters. The molecule has 0 radical (unpaired) electrons. The van der Waals surface area contributed by atoms with Crippen molar-refractivity contribution in [3.05, 3.63) is 66.2 Å². The molecule has 0 bridgehead atoms. The lowest BCUT2D eigenvalue weighted by molar-refractivity contribution is -0.137. The number of para-hydroxylation sites is 1. The summed E-state index contributed by atoms with van der Waals surface area (Å²) in [5, 5.41) is 4.33. The van der Waals surface area contributed by atoms with Crippen molar-refractivity contribution in [3.63, 3.8) is 0 Å². The van der Waals surface area contributed by atoms with Crippen LogP contribution in [0.3, 0.4) is 0 Å². The first-order valence-corrected chi connectivity index (χ1v) is 12.9. The molecule has 1 heterocycles. The molecular weight excluding hydrogens is 509 g/mol. The summed E-state index contributed by atoms with van der Waals surface area (Å²) in [4.78, 5) is 12.7. The normalized spacial score (nSPS) is 14.0. The second-order valence-corrected chi connectivity index (χ2v) is 10.4. The maximum atomic E-state index is 13.3. The van der Waals surface area contributed by atoms with Crippen molar-refractivity contribution in [2.75, 3.05) is 12.4 Å². The van der Waals surface area contributed by atoms with E-state index >= 15 is 0 Å². The molecule has 1 amide bonds. The number of methoxy groups -OCH3 is 1. The van der Waals surface area contributed by atoms with Crippen molar-refractivity contribution < 1.29 is 35.5 Å². The largest absolute Gasteiger partial charge is 0.495 e. The number of carbonyl (C=O) groups is 1. The van der Waals surface area contributed by atoms with Crippen LogP contribution in [0.4, 0.5) is 18.9 Å². The van der Waals surface area contributed by atoms with Crippen LogP contribution in [0.1, 0.15) is 25.8 Å². The van der Waals surface area contributed by atoms with Gasteiger partial charge in [0.25, 0.3) is 0 Å². The zero-order valence-corrected chi connectivity index (χ0v) is 21.0. The maximum absolute atomic E-state index is 13.3. The van der Waals surface area contributed by atoms with E-state index in [1.54, 1.807) is 26.0 Å². The minimum atomic E-state index is -4.72. The molecule has 0 aliphatic carbocycles. The average Bonchev–Trinajstić information content (AvgIpc) is 3.23. The number of hydrogen-bond acceptors (Lipinski definition) is 5. The van der Waals surface area contributed by atoms with Gasteiger partial charge in [0.1, 0.15) is 23.0 Å². The Labute approximate surface area is 211 Å². The predicted octanol–water partition coefficient (Wildman–Crippen LogP) is 5.95. The smallest absolute Gasteiger partial charge is 0.416 e. The molecule has 4 aromatic rings. The number of anilines is 1. The van der Waals surface area contributed by atoms with Gasteiger partial charge in [0.2, 0.25) is 15.9 Å². The van der Waals surface area contributed by atoms with E-state index in [9.17, 15) is 26.4 Å². The predicted molar refractivity (Wildman–Crippen MR) is 134 cm³/mol. The van der Waals surface area contributed by atoms with Gasteiger partial charge in [0.15, 0.2) is 0 Å². The molecule has 0 fully saturated rings. The maximum Gasteiger partial charge on any atom is 0.416 e.